The normalized spacial score (nSPS) is 15.5. The molecule has 1 atom stereocenters. The molecule has 78 valence electrons. The van der Waals surface area contributed by atoms with E-state index in [9.17, 15) is 0 Å². The molecule has 1 aromatic carbocycles. The summed E-state index contributed by atoms with van der Waals surface area (Å²) >= 11 is 6.73. The molecule has 0 aliphatic carbocycles. The van der Waals surface area contributed by atoms with E-state index in [2.05, 4.69) is 50.0 Å². The van der Waals surface area contributed by atoms with Gasteiger partial charge in [-0.15, -0.1) is 11.1 Å². The summed E-state index contributed by atoms with van der Waals surface area (Å²) in [7, 11) is -1.98. The topological polar surface area (TPSA) is 12.0 Å². The summed E-state index contributed by atoms with van der Waals surface area (Å²) in [6, 6.07) is 10.4. The van der Waals surface area contributed by atoms with Crippen molar-refractivity contribution in [3.8, 4) is 0 Å². The van der Waals surface area contributed by atoms with Crippen LogP contribution >= 0.6 is 11.1 Å². The van der Waals surface area contributed by atoms with E-state index in [4.69, 9.17) is 11.1 Å². The number of rotatable bonds is 4. The first-order valence-electron chi connectivity index (χ1n) is 5.10. The van der Waals surface area contributed by atoms with E-state index in [1.54, 1.807) is 0 Å². The molecule has 0 saturated carbocycles. The molecule has 1 nitrogen and oxygen atoms in total. The van der Waals surface area contributed by atoms with E-state index in [-0.39, 0.29) is 0 Å². The minimum absolute atomic E-state index is 0.492. The summed E-state index contributed by atoms with van der Waals surface area (Å²) in [5.74, 6) is 0. The zero-order valence-electron chi connectivity index (χ0n) is 9.05. The van der Waals surface area contributed by atoms with Crippen LogP contribution in [0, 0.1) is 0 Å². The summed E-state index contributed by atoms with van der Waals surface area (Å²) in [4.78, 5) is 3.48. The summed E-state index contributed by atoms with van der Waals surface area (Å²) < 4.78 is 0. The van der Waals surface area contributed by atoms with Gasteiger partial charge in [0.05, 0.1) is 0 Å². The molecule has 0 aliphatic heterocycles. The van der Waals surface area contributed by atoms with Crippen LogP contribution in [0.1, 0.15) is 20.8 Å². The Bertz CT molecular complexity index is 276. The zero-order chi connectivity index (χ0) is 10.6. The smallest absolute Gasteiger partial charge is 0.260 e. The SMILES string of the molecule is CCN[Si](Cl)(c1ccccc1)C(C)C. The molecule has 1 rings (SSSR count). The number of benzene rings is 1. The van der Waals surface area contributed by atoms with Crippen LogP contribution in [0.2, 0.25) is 5.54 Å². The lowest BCUT2D eigenvalue weighted by atomic mass is 10.4. The van der Waals surface area contributed by atoms with Crippen LogP contribution in [-0.4, -0.2) is 14.1 Å². The van der Waals surface area contributed by atoms with Crippen molar-refractivity contribution in [2.75, 3.05) is 6.54 Å². The fourth-order valence-electron chi connectivity index (χ4n) is 1.58. The number of nitrogens with one attached hydrogen (secondary N) is 1. The first-order valence-corrected chi connectivity index (χ1v) is 8.19. The van der Waals surface area contributed by atoms with Gasteiger partial charge in [0.15, 0.2) is 0 Å². The average molecular weight is 228 g/mol. The first kappa shape index (κ1) is 11.8. The van der Waals surface area contributed by atoms with Crippen molar-refractivity contribution in [1.82, 2.24) is 4.98 Å². The molecule has 14 heavy (non-hydrogen) atoms. The van der Waals surface area contributed by atoms with Crippen molar-refractivity contribution < 1.29 is 0 Å². The van der Waals surface area contributed by atoms with E-state index in [0.717, 1.165) is 6.54 Å². The Morgan fingerprint density at radius 2 is 1.86 bits per heavy atom. The standard InChI is InChI=1S/C11H18ClNSi/c1-4-13-14(12,10(2)3)11-8-6-5-7-9-11/h5-10,13H,4H2,1-3H3. The Morgan fingerprint density at radius 1 is 1.29 bits per heavy atom. The number of halogens is 1. The molecule has 0 radical (unpaired) electrons. The maximum absolute atomic E-state index is 6.73. The summed E-state index contributed by atoms with van der Waals surface area (Å²) in [6.45, 7) is 7.42. The van der Waals surface area contributed by atoms with Crippen molar-refractivity contribution in [1.29, 1.82) is 0 Å². The maximum Gasteiger partial charge on any atom is 0.260 e. The van der Waals surface area contributed by atoms with E-state index < -0.39 is 7.55 Å². The van der Waals surface area contributed by atoms with Gasteiger partial charge in [-0.1, -0.05) is 51.1 Å². The molecule has 0 saturated heterocycles. The monoisotopic (exact) mass is 227 g/mol. The van der Waals surface area contributed by atoms with Gasteiger partial charge in [0.25, 0.3) is 7.55 Å². The van der Waals surface area contributed by atoms with Crippen LogP contribution in [0.3, 0.4) is 0 Å². The molecular weight excluding hydrogens is 210 g/mol. The summed E-state index contributed by atoms with van der Waals surface area (Å²) in [5.41, 5.74) is 0.492. The Hall–Kier alpha value is -0.313. The van der Waals surface area contributed by atoms with Crippen LogP contribution in [-0.2, 0) is 0 Å². The molecular formula is C11H18ClNSi. The minimum Gasteiger partial charge on any atom is -0.322 e. The second-order valence-electron chi connectivity index (χ2n) is 3.76. The highest BCUT2D eigenvalue weighted by atomic mass is 35.6. The van der Waals surface area contributed by atoms with Gasteiger partial charge in [-0.05, 0) is 17.3 Å². The van der Waals surface area contributed by atoms with E-state index in [1.807, 2.05) is 6.07 Å². The zero-order valence-corrected chi connectivity index (χ0v) is 10.8. The lowest BCUT2D eigenvalue weighted by Gasteiger charge is -2.29. The lowest BCUT2D eigenvalue weighted by Crippen LogP contribution is -2.58. The van der Waals surface area contributed by atoms with Crippen LogP contribution < -0.4 is 10.2 Å². The fraction of sp³-hybridized carbons (Fsp3) is 0.455. The van der Waals surface area contributed by atoms with Gasteiger partial charge >= 0.3 is 0 Å². The Balaban J connectivity index is 2.99. The number of hydrogen-bond donors (Lipinski definition) is 1. The predicted octanol–water partition coefficient (Wildman–Crippen LogP) is 2.59. The van der Waals surface area contributed by atoms with Crippen molar-refractivity contribution in [2.45, 2.75) is 26.3 Å². The third-order valence-corrected chi connectivity index (χ3v) is 8.42. The van der Waals surface area contributed by atoms with Crippen LogP contribution in [0.4, 0.5) is 0 Å². The van der Waals surface area contributed by atoms with Crippen molar-refractivity contribution in [3.63, 3.8) is 0 Å². The van der Waals surface area contributed by atoms with Crippen molar-refractivity contribution in [2.24, 2.45) is 0 Å². The summed E-state index contributed by atoms with van der Waals surface area (Å²) in [6.07, 6.45) is 0. The Morgan fingerprint density at radius 3 is 2.29 bits per heavy atom. The molecule has 1 aromatic rings. The molecule has 0 amide bonds. The first-order chi connectivity index (χ1) is 6.61. The highest BCUT2D eigenvalue weighted by molar-refractivity contribution is 7.26. The molecule has 0 bridgehead atoms. The molecule has 3 heteroatoms. The van der Waals surface area contributed by atoms with Gasteiger partial charge in [-0.25, -0.2) is 0 Å². The van der Waals surface area contributed by atoms with Gasteiger partial charge in [-0.2, -0.15) is 0 Å². The third-order valence-electron chi connectivity index (χ3n) is 2.42. The Labute approximate surface area is 92.3 Å². The van der Waals surface area contributed by atoms with Crippen LogP contribution in [0.15, 0.2) is 30.3 Å². The average Bonchev–Trinajstić information content (AvgIpc) is 2.19. The van der Waals surface area contributed by atoms with Crippen LogP contribution in [0.25, 0.3) is 0 Å². The van der Waals surface area contributed by atoms with Gasteiger partial charge < -0.3 is 4.98 Å². The fourth-order valence-corrected chi connectivity index (χ4v) is 4.83. The molecule has 0 aliphatic rings. The van der Waals surface area contributed by atoms with Gasteiger partial charge in [0.1, 0.15) is 0 Å². The maximum atomic E-state index is 6.73. The quantitative estimate of drug-likeness (QED) is 0.616. The van der Waals surface area contributed by atoms with Crippen molar-refractivity contribution >= 4 is 23.8 Å². The van der Waals surface area contributed by atoms with E-state index in [0.29, 0.717) is 5.54 Å². The largest absolute Gasteiger partial charge is 0.322 e. The van der Waals surface area contributed by atoms with Crippen molar-refractivity contribution in [3.05, 3.63) is 30.3 Å². The lowest BCUT2D eigenvalue weighted by molar-refractivity contribution is 0.915. The van der Waals surface area contributed by atoms with Crippen LogP contribution in [0.5, 0.6) is 0 Å². The molecule has 0 aromatic heterocycles. The predicted molar refractivity (Wildman–Crippen MR) is 66.5 cm³/mol. The minimum atomic E-state index is -1.98. The molecule has 0 fully saturated rings. The van der Waals surface area contributed by atoms with E-state index >= 15 is 0 Å². The molecule has 0 heterocycles. The second kappa shape index (κ2) is 4.96. The third kappa shape index (κ3) is 2.38. The van der Waals surface area contributed by atoms with E-state index in [1.165, 1.54) is 5.19 Å². The highest BCUT2D eigenvalue weighted by Crippen LogP contribution is 2.21. The Kier molecular flexibility index (Phi) is 4.17. The molecule has 1 unspecified atom stereocenters. The van der Waals surface area contributed by atoms with Gasteiger partial charge in [0, 0.05) is 0 Å². The molecule has 1 N–H and O–H groups in total. The second-order valence-corrected chi connectivity index (χ2v) is 9.06. The van der Waals surface area contributed by atoms with Gasteiger partial charge in [0.2, 0.25) is 0 Å². The van der Waals surface area contributed by atoms with Gasteiger partial charge in [-0.3, -0.25) is 0 Å². The number of hydrogen-bond acceptors (Lipinski definition) is 1. The highest BCUT2D eigenvalue weighted by Gasteiger charge is 2.36. The summed E-state index contributed by atoms with van der Waals surface area (Å²) in [5, 5.41) is 1.28. The molecule has 0 spiro atoms.